The lowest BCUT2D eigenvalue weighted by atomic mass is 10.1. The van der Waals surface area contributed by atoms with E-state index in [0.29, 0.717) is 0 Å². The molecule has 10 atom stereocenters. The van der Waals surface area contributed by atoms with E-state index in [1.54, 1.807) is 0 Å². The van der Waals surface area contributed by atoms with Gasteiger partial charge in [-0.1, -0.05) is 0 Å². The summed E-state index contributed by atoms with van der Waals surface area (Å²) in [6, 6.07) is 2.83. The molecule has 2 fully saturated rings. The van der Waals surface area contributed by atoms with Crippen LogP contribution in [0.15, 0.2) is 37.2 Å². The third-order valence-electron chi connectivity index (χ3n) is 6.75. The van der Waals surface area contributed by atoms with Gasteiger partial charge in [-0.15, -0.1) is 0 Å². The number of fused-ring (bicyclic) bond motifs is 1. The van der Waals surface area contributed by atoms with Crippen LogP contribution in [0.3, 0.4) is 0 Å². The number of imidazole rings is 1. The van der Waals surface area contributed by atoms with Gasteiger partial charge in [0.15, 0.2) is 36.2 Å². The van der Waals surface area contributed by atoms with E-state index in [0.717, 1.165) is 6.33 Å². The Morgan fingerprint density at radius 3 is 2.27 bits per heavy atom. The molecule has 5 heterocycles. The number of aromatic nitrogens is 5. The number of pyridine rings is 1. The summed E-state index contributed by atoms with van der Waals surface area (Å²) in [5.74, 6) is -0.714. The zero-order valence-electron chi connectivity index (χ0n) is 22.2. The highest BCUT2D eigenvalue weighted by molar-refractivity contribution is 7.61. The third-order valence-corrected chi connectivity index (χ3v) is 9.35. The molecule has 1 amide bonds. The number of carbonyl (C=O) groups is 1. The highest BCUT2D eigenvalue weighted by Crippen LogP contribution is 2.60. The van der Waals surface area contributed by atoms with Gasteiger partial charge >= 0.3 is 15.6 Å². The molecule has 2 unspecified atom stereocenters. The van der Waals surface area contributed by atoms with Gasteiger partial charge in [0.1, 0.15) is 47.9 Å². The van der Waals surface area contributed by atoms with E-state index in [1.165, 1.54) is 40.0 Å². The van der Waals surface area contributed by atoms with Crippen LogP contribution in [0.1, 0.15) is 22.8 Å². The molecule has 3 aromatic heterocycles. The highest BCUT2D eigenvalue weighted by atomic mass is 31.3. The number of primary amides is 1. The van der Waals surface area contributed by atoms with Crippen LogP contribution in [0.25, 0.3) is 11.2 Å². The lowest BCUT2D eigenvalue weighted by molar-refractivity contribution is -0.765. The molecule has 3 aromatic rings. The maximum absolute atomic E-state index is 12.4. The second-order valence-electron chi connectivity index (χ2n) is 9.69. The molecular formula is C21H28N7O14P2+. The predicted octanol–water partition coefficient (Wildman–Crippen LogP) is -3.02. The fraction of sp³-hybridized carbons (Fsp3) is 0.476. The Morgan fingerprint density at radius 1 is 0.977 bits per heavy atom. The Labute approximate surface area is 246 Å². The maximum Gasteiger partial charge on any atom is 0.481 e. The minimum absolute atomic E-state index is 0.0505. The number of nitrogen functional groups attached to an aromatic ring is 1. The second kappa shape index (κ2) is 12.4. The molecule has 0 radical (unpaired) electrons. The molecule has 0 aromatic carbocycles. The van der Waals surface area contributed by atoms with Crippen LogP contribution in [0.5, 0.6) is 0 Å². The van der Waals surface area contributed by atoms with Crippen molar-refractivity contribution in [3.05, 3.63) is 42.7 Å². The van der Waals surface area contributed by atoms with Crippen LogP contribution in [0.4, 0.5) is 5.82 Å². The summed E-state index contributed by atoms with van der Waals surface area (Å²) >= 11 is 0. The van der Waals surface area contributed by atoms with Gasteiger partial charge in [-0.05, 0) is 6.07 Å². The molecule has 21 nitrogen and oxygen atoms in total. The number of phosphoric acid groups is 2. The molecule has 2 aliphatic rings. The fourth-order valence-corrected chi connectivity index (χ4v) is 6.67. The lowest BCUT2D eigenvalue weighted by Gasteiger charge is -2.20. The molecule has 2 aliphatic heterocycles. The molecular weight excluding hydrogens is 636 g/mol. The summed E-state index contributed by atoms with van der Waals surface area (Å²) < 4.78 is 52.0. The molecule has 5 rings (SSSR count). The van der Waals surface area contributed by atoms with Crippen molar-refractivity contribution in [1.29, 1.82) is 0 Å². The predicted molar refractivity (Wildman–Crippen MR) is 139 cm³/mol. The van der Waals surface area contributed by atoms with Crippen molar-refractivity contribution in [2.24, 2.45) is 5.73 Å². The summed E-state index contributed by atoms with van der Waals surface area (Å²) in [6.07, 6.45) is -6.85. The maximum atomic E-state index is 12.4. The first-order valence-electron chi connectivity index (χ1n) is 12.6. The summed E-state index contributed by atoms with van der Waals surface area (Å²) in [6.45, 7) is -1.80. The first-order chi connectivity index (χ1) is 20.7. The smallest absolute Gasteiger partial charge is 0.387 e. The van der Waals surface area contributed by atoms with E-state index in [-0.39, 0.29) is 22.5 Å². The molecule has 2 saturated heterocycles. The number of rotatable bonds is 11. The number of carbonyl (C=O) groups excluding carboxylic acids is 1. The normalized spacial score (nSPS) is 31.6. The summed E-state index contributed by atoms with van der Waals surface area (Å²) in [4.78, 5) is 43.3. The number of aliphatic hydroxyl groups excluding tert-OH is 4. The van der Waals surface area contributed by atoms with Gasteiger partial charge in [0.05, 0.1) is 19.5 Å². The zero-order chi connectivity index (χ0) is 32.0. The van der Waals surface area contributed by atoms with E-state index >= 15 is 0 Å². The Hall–Kier alpha value is -3.01. The average molecular weight is 664 g/mol. The van der Waals surface area contributed by atoms with Crippen LogP contribution >= 0.6 is 15.6 Å². The van der Waals surface area contributed by atoms with Crippen LogP contribution in [-0.2, 0) is 32.0 Å². The average Bonchev–Trinajstić information content (AvgIpc) is 3.61. The monoisotopic (exact) mass is 664 g/mol. The summed E-state index contributed by atoms with van der Waals surface area (Å²) in [5, 5.41) is 41.6. The van der Waals surface area contributed by atoms with Gasteiger partial charge in [-0.2, -0.15) is 8.88 Å². The van der Waals surface area contributed by atoms with Gasteiger partial charge in [-0.25, -0.2) is 24.1 Å². The number of nitrogens with two attached hydrogens (primary N) is 2. The van der Waals surface area contributed by atoms with Crippen molar-refractivity contribution in [3.8, 4) is 0 Å². The minimum Gasteiger partial charge on any atom is -0.387 e. The second-order valence-corrected chi connectivity index (χ2v) is 12.7. The molecule has 0 saturated carbocycles. The summed E-state index contributed by atoms with van der Waals surface area (Å²) in [5.41, 5.74) is 11.4. The van der Waals surface area contributed by atoms with Crippen molar-refractivity contribution >= 4 is 38.5 Å². The topological polar surface area (TPSA) is 318 Å². The van der Waals surface area contributed by atoms with Crippen LogP contribution < -0.4 is 16.0 Å². The van der Waals surface area contributed by atoms with E-state index < -0.39 is 83.8 Å². The number of anilines is 1. The molecule has 44 heavy (non-hydrogen) atoms. The highest BCUT2D eigenvalue weighted by Gasteiger charge is 2.50. The molecule has 23 heteroatoms. The lowest BCUT2D eigenvalue weighted by Crippen LogP contribution is -2.46. The molecule has 10 N–H and O–H groups in total. The number of ether oxygens (including phenoxy) is 2. The van der Waals surface area contributed by atoms with Crippen molar-refractivity contribution in [3.63, 3.8) is 0 Å². The minimum atomic E-state index is -5.37. The van der Waals surface area contributed by atoms with Gasteiger partial charge < -0.3 is 51.2 Å². The SMILES string of the molecule is NC(=O)c1ccc[n+]([C@@H]2O[C@@H](COP(=O)(O)OP(=O)(O)OC[C@@H]3O[C@@H](n4cnc5c(N)ncnc54)[C@H](O)[C@@H]3O)[C@@H](O)[C@H]2O)c1. The number of amides is 1. The summed E-state index contributed by atoms with van der Waals surface area (Å²) in [7, 11) is -10.7. The van der Waals surface area contributed by atoms with Crippen molar-refractivity contribution in [1.82, 2.24) is 19.5 Å². The van der Waals surface area contributed by atoms with E-state index in [1.807, 2.05) is 0 Å². The van der Waals surface area contributed by atoms with Crippen LogP contribution in [0, 0.1) is 0 Å². The van der Waals surface area contributed by atoms with Crippen molar-refractivity contribution in [2.75, 3.05) is 18.9 Å². The Bertz CT molecular complexity index is 1630. The standard InChI is InChI=1S/C21H27N7O14P2/c22-17-12-19(25-7-24-17)28(8-26-12)21-16(32)14(30)11(41-21)6-39-44(36,37)42-43(34,35)38-5-10-13(29)15(31)20(40-10)27-3-1-2-9(4-27)18(23)33/h1-4,7-8,10-11,13-16,20-21,29-32H,5-6H2,(H5-,22,23,24,25,33,34,35,36,37)/p+1/t10-,11-,13+,14+,15+,16+,20+,21+/m0/s1. The van der Waals surface area contributed by atoms with Gasteiger partial charge in [0.25, 0.3) is 12.1 Å². The van der Waals surface area contributed by atoms with E-state index in [2.05, 4.69) is 23.8 Å². The van der Waals surface area contributed by atoms with Crippen LogP contribution in [-0.4, -0.2) is 105 Å². The Kier molecular flexibility index (Phi) is 9.13. The first kappa shape index (κ1) is 32.4. The molecule has 0 bridgehead atoms. The largest absolute Gasteiger partial charge is 0.481 e. The number of hydrogen-bond acceptors (Lipinski definition) is 16. The van der Waals surface area contributed by atoms with Gasteiger partial charge in [-0.3, -0.25) is 18.4 Å². The zero-order valence-corrected chi connectivity index (χ0v) is 24.0. The molecule has 0 spiro atoms. The van der Waals surface area contributed by atoms with E-state index in [4.69, 9.17) is 25.5 Å². The molecule has 0 aliphatic carbocycles. The number of hydrogen-bond donors (Lipinski definition) is 8. The fourth-order valence-electron chi connectivity index (χ4n) is 4.58. The van der Waals surface area contributed by atoms with Crippen molar-refractivity contribution in [2.45, 2.75) is 49.1 Å². The number of phosphoric ester groups is 2. The van der Waals surface area contributed by atoms with Gasteiger partial charge in [0.2, 0.25) is 0 Å². The number of nitrogens with zero attached hydrogens (tertiary/aromatic N) is 5. The van der Waals surface area contributed by atoms with E-state index in [9.17, 15) is 44.1 Å². The van der Waals surface area contributed by atoms with Crippen LogP contribution in [0.2, 0.25) is 0 Å². The Balaban J connectivity index is 1.16. The van der Waals surface area contributed by atoms with Gasteiger partial charge in [0, 0.05) is 6.07 Å². The quantitative estimate of drug-likeness (QED) is 0.0747. The third kappa shape index (κ3) is 6.65. The first-order valence-corrected chi connectivity index (χ1v) is 15.6. The molecule has 240 valence electrons. The Morgan fingerprint density at radius 2 is 1.61 bits per heavy atom. The van der Waals surface area contributed by atoms with Crippen molar-refractivity contribution < 1.29 is 71.5 Å². The number of aliphatic hydroxyl groups is 4.